The van der Waals surface area contributed by atoms with Gasteiger partial charge in [0.1, 0.15) is 9.49 Å². The molecule has 0 saturated heterocycles. The minimum absolute atomic E-state index is 0.00572. The maximum Gasteiger partial charge on any atom is 0.102 e. The highest BCUT2D eigenvalue weighted by atomic mass is 33.7. The number of hydrogen-bond acceptors (Lipinski definition) is 10. The monoisotopic (exact) mass is 890 g/mol. The van der Waals surface area contributed by atoms with Crippen LogP contribution < -0.4 is 0 Å². The average molecular weight is 891 g/mol. The normalized spacial score (nSPS) is 12.4. The molecule has 0 saturated carbocycles. The summed E-state index contributed by atoms with van der Waals surface area (Å²) >= 11 is 0. The van der Waals surface area contributed by atoms with Crippen LogP contribution in [-0.4, -0.2) is 8.16 Å². The van der Waals surface area contributed by atoms with E-state index < -0.39 is 0 Å². The molecule has 0 aliphatic rings. The first-order chi connectivity index (χ1) is 26.3. The maximum atomic E-state index is 2.34. The first-order valence-corrected chi connectivity index (χ1v) is 29.1. The van der Waals surface area contributed by atoms with Crippen LogP contribution in [0.25, 0.3) is 0 Å². The summed E-state index contributed by atoms with van der Waals surface area (Å²) in [5, 5.41) is 0. The fourth-order valence-electron chi connectivity index (χ4n) is 5.85. The third-order valence-corrected chi connectivity index (χ3v) is 28.2. The quantitative estimate of drug-likeness (QED) is 0.0332. The molecule has 278 valence electrons. The second-order valence-electron chi connectivity index (χ2n) is 13.1. The molecule has 0 bridgehead atoms. The topological polar surface area (TPSA) is 0 Å². The molecule has 0 amide bonds. The number of rotatable bonds is 19. The summed E-state index contributed by atoms with van der Waals surface area (Å²) in [6, 6.07) is 65.7. The van der Waals surface area contributed by atoms with Crippen molar-refractivity contribution in [3.8, 4) is 0 Å². The molecule has 0 aromatic heterocycles. The Hall–Kier alpha value is -1.18. The van der Waals surface area contributed by atoms with E-state index in [4.69, 9.17) is 0 Å². The van der Waals surface area contributed by atoms with Crippen molar-refractivity contribution >= 4 is 104 Å². The Morgan fingerprint density at radius 1 is 0.241 bits per heavy atom. The zero-order valence-electron chi connectivity index (χ0n) is 30.4. The molecule has 0 unspecified atom stereocenters. The van der Waals surface area contributed by atoms with E-state index in [2.05, 4.69) is 210 Å². The second kappa shape index (κ2) is 20.5. The largest absolute Gasteiger partial charge is 0.102 e. The molecule has 54 heavy (non-hydrogen) atoms. The molecule has 0 atom stereocenters. The van der Waals surface area contributed by atoms with E-state index in [1.165, 1.54) is 33.4 Å². The van der Waals surface area contributed by atoms with Crippen molar-refractivity contribution in [2.24, 2.45) is 0 Å². The molecule has 0 aliphatic carbocycles. The van der Waals surface area contributed by atoms with E-state index in [-0.39, 0.29) is 17.7 Å². The highest BCUT2D eigenvalue weighted by molar-refractivity contribution is 9.28. The third-order valence-electron chi connectivity index (χ3n) is 8.37. The van der Waals surface area contributed by atoms with Crippen molar-refractivity contribution in [1.82, 2.24) is 0 Å². The molecular weight excluding hydrogens is 849 g/mol. The molecule has 0 nitrogen and oxygen atoms in total. The van der Waals surface area contributed by atoms with Crippen LogP contribution in [0, 0.1) is 0 Å². The van der Waals surface area contributed by atoms with Gasteiger partial charge in [-0.15, -0.1) is 0 Å². The summed E-state index contributed by atoms with van der Waals surface area (Å²) in [5.74, 6) is 0. The van der Waals surface area contributed by atoms with Crippen LogP contribution in [0.2, 0.25) is 0 Å². The Bertz CT molecular complexity index is 1620. The van der Waals surface area contributed by atoms with Gasteiger partial charge in [0, 0.05) is 0 Å². The van der Waals surface area contributed by atoms with Gasteiger partial charge >= 0.3 is 0 Å². The van der Waals surface area contributed by atoms with Crippen molar-refractivity contribution in [2.45, 2.75) is 45.3 Å². The van der Waals surface area contributed by atoms with Gasteiger partial charge in [0.05, 0.1) is 8.16 Å². The standard InChI is InChI=1S/C44H42S10/c1-41(2,45-51-49-43(35-23-11-5-12-24-35,36-25-13-6-14-26-36)37-27-15-7-16-28-37)47-53-54-48-42(3,4)46-52-50-44(38-29-17-8-18-30-38,39-31-19-9-20-32-39)40-33-21-10-22-34-40/h5-34H,1-4H3. The summed E-state index contributed by atoms with van der Waals surface area (Å²) in [5.41, 5.74) is 7.73. The molecule has 0 spiro atoms. The molecule has 0 heterocycles. The third kappa shape index (κ3) is 10.9. The Morgan fingerprint density at radius 3 is 0.630 bits per heavy atom. The van der Waals surface area contributed by atoms with Gasteiger partial charge in [-0.05, 0) is 100 Å². The smallest absolute Gasteiger partial charge is 0.0643 e. The molecule has 0 radical (unpaired) electrons. The Kier molecular flexibility index (Phi) is 16.1. The molecule has 0 N–H and O–H groups in total. The lowest BCUT2D eigenvalue weighted by Crippen LogP contribution is -2.24. The molecule has 0 fully saturated rings. The molecular formula is C44H42S10. The SMILES string of the molecule is CC(C)(SSSSC(C)(C)SSSC(c1ccccc1)(c1ccccc1)c1ccccc1)SSSC(c1ccccc1)(c1ccccc1)c1ccccc1. The van der Waals surface area contributed by atoms with Crippen molar-refractivity contribution < 1.29 is 0 Å². The minimum atomic E-state index is -0.337. The second-order valence-corrected chi connectivity index (χ2v) is 30.0. The minimum Gasteiger partial charge on any atom is -0.0643 e. The Balaban J connectivity index is 1.07. The molecule has 6 aromatic rings. The van der Waals surface area contributed by atoms with E-state index in [0.717, 1.165) is 0 Å². The van der Waals surface area contributed by atoms with Gasteiger partial charge in [0.15, 0.2) is 0 Å². The van der Waals surface area contributed by atoms with Gasteiger partial charge in [-0.1, -0.05) is 247 Å². The molecule has 0 aliphatic heterocycles. The summed E-state index contributed by atoms with van der Waals surface area (Å²) in [7, 11) is 19.2. The van der Waals surface area contributed by atoms with Crippen LogP contribution in [0.4, 0.5) is 0 Å². The van der Waals surface area contributed by atoms with E-state index in [0.29, 0.717) is 0 Å². The summed E-state index contributed by atoms with van der Waals surface area (Å²) in [6.07, 6.45) is 0. The van der Waals surface area contributed by atoms with Crippen molar-refractivity contribution in [1.29, 1.82) is 0 Å². The predicted octanol–water partition coefficient (Wildman–Crippen LogP) is 17.2. The summed E-state index contributed by atoms with van der Waals surface area (Å²) in [4.78, 5) is 0. The lowest BCUT2D eigenvalue weighted by Gasteiger charge is -2.35. The zero-order chi connectivity index (χ0) is 37.7. The summed E-state index contributed by atoms with van der Waals surface area (Å²) < 4.78 is -0.686. The van der Waals surface area contributed by atoms with Gasteiger partial charge in [0.2, 0.25) is 0 Å². The van der Waals surface area contributed by atoms with E-state index >= 15 is 0 Å². The predicted molar refractivity (Wildman–Crippen MR) is 262 cm³/mol. The number of hydrogen-bond donors (Lipinski definition) is 0. The molecule has 6 rings (SSSR count). The molecule has 6 aromatic carbocycles. The summed E-state index contributed by atoms with van der Waals surface area (Å²) in [6.45, 7) is 9.36. The van der Waals surface area contributed by atoms with Crippen LogP contribution in [0.5, 0.6) is 0 Å². The van der Waals surface area contributed by atoms with Crippen molar-refractivity contribution in [3.05, 3.63) is 215 Å². The maximum absolute atomic E-state index is 2.34. The van der Waals surface area contributed by atoms with Gasteiger partial charge < -0.3 is 0 Å². The fraction of sp³-hybridized carbons (Fsp3) is 0.182. The number of benzene rings is 6. The first-order valence-electron chi connectivity index (χ1n) is 17.4. The van der Waals surface area contributed by atoms with Crippen LogP contribution >= 0.6 is 104 Å². The van der Waals surface area contributed by atoms with Gasteiger partial charge in [-0.2, -0.15) is 0 Å². The Morgan fingerprint density at radius 2 is 0.426 bits per heavy atom. The highest BCUT2D eigenvalue weighted by Crippen LogP contribution is 2.65. The van der Waals surface area contributed by atoms with Crippen LogP contribution in [0.15, 0.2) is 182 Å². The highest BCUT2D eigenvalue weighted by Gasteiger charge is 2.40. The fourth-order valence-corrected chi connectivity index (χ4v) is 28.5. The van der Waals surface area contributed by atoms with Crippen LogP contribution in [-0.2, 0) is 9.49 Å². The van der Waals surface area contributed by atoms with Crippen LogP contribution in [0.3, 0.4) is 0 Å². The lowest BCUT2D eigenvalue weighted by molar-refractivity contribution is 0.903. The average Bonchev–Trinajstić information content (AvgIpc) is 3.22. The van der Waals surface area contributed by atoms with Gasteiger partial charge in [-0.3, -0.25) is 0 Å². The van der Waals surface area contributed by atoms with E-state index in [1.54, 1.807) is 0 Å². The Labute approximate surface area is 361 Å². The van der Waals surface area contributed by atoms with E-state index in [9.17, 15) is 0 Å². The van der Waals surface area contributed by atoms with Crippen molar-refractivity contribution in [3.63, 3.8) is 0 Å². The lowest BCUT2D eigenvalue weighted by atomic mass is 9.84. The van der Waals surface area contributed by atoms with Gasteiger partial charge in [0.25, 0.3) is 0 Å². The van der Waals surface area contributed by atoms with Gasteiger partial charge in [-0.25, -0.2) is 0 Å². The zero-order valence-corrected chi connectivity index (χ0v) is 38.6. The van der Waals surface area contributed by atoms with Crippen molar-refractivity contribution in [2.75, 3.05) is 0 Å². The molecule has 10 heteroatoms. The van der Waals surface area contributed by atoms with Crippen LogP contribution in [0.1, 0.15) is 61.1 Å². The first kappa shape index (κ1) is 42.4. The van der Waals surface area contributed by atoms with E-state index in [1.807, 2.05) is 104 Å².